The van der Waals surface area contributed by atoms with Crippen molar-refractivity contribution < 1.29 is 17.9 Å². The fourth-order valence-electron chi connectivity index (χ4n) is 3.00. The Labute approximate surface area is 186 Å². The van der Waals surface area contributed by atoms with E-state index in [2.05, 4.69) is 4.98 Å². The average Bonchev–Trinajstić information content (AvgIpc) is 2.75. The van der Waals surface area contributed by atoms with Crippen LogP contribution in [0.25, 0.3) is 0 Å². The van der Waals surface area contributed by atoms with Crippen LogP contribution in [0.2, 0.25) is 5.02 Å². The molecule has 1 amide bonds. The molecule has 0 aliphatic heterocycles. The van der Waals surface area contributed by atoms with Crippen molar-refractivity contribution >= 4 is 33.2 Å². The molecule has 1 aromatic heterocycles. The molecule has 0 saturated heterocycles. The maximum atomic E-state index is 13.3. The third kappa shape index (κ3) is 5.96. The number of hydrogen-bond acceptors (Lipinski definition) is 5. The number of benzene rings is 2. The van der Waals surface area contributed by atoms with Crippen LogP contribution in [0.5, 0.6) is 5.75 Å². The summed E-state index contributed by atoms with van der Waals surface area (Å²) in [7, 11) is -2.19. The van der Waals surface area contributed by atoms with Gasteiger partial charge in [0.15, 0.2) is 0 Å². The molecule has 9 heteroatoms. The van der Waals surface area contributed by atoms with Crippen LogP contribution in [0.4, 0.5) is 5.69 Å². The van der Waals surface area contributed by atoms with Crippen molar-refractivity contribution in [1.29, 1.82) is 0 Å². The Balaban J connectivity index is 1.86. The number of anilines is 1. The molecule has 0 spiro atoms. The number of nitrogens with zero attached hydrogens (tertiary/aromatic N) is 2. The van der Waals surface area contributed by atoms with Crippen molar-refractivity contribution in [2.75, 3.05) is 18.0 Å². The first kappa shape index (κ1) is 22.6. The van der Waals surface area contributed by atoms with E-state index >= 15 is 0 Å². The van der Waals surface area contributed by atoms with Crippen LogP contribution in [-0.4, -0.2) is 33.0 Å². The number of nitrogens with two attached hydrogens (primary N) is 1. The molecular formula is C22H22ClN3O4S. The van der Waals surface area contributed by atoms with Crippen molar-refractivity contribution in [2.45, 2.75) is 12.2 Å². The number of sulfonamides is 1. The number of hydrogen-bond donors (Lipinski definition) is 1. The first-order chi connectivity index (χ1) is 14.8. The zero-order chi connectivity index (χ0) is 22.4. The topological polar surface area (TPSA) is 103 Å². The Morgan fingerprint density at radius 2 is 1.74 bits per heavy atom. The molecule has 1 heterocycles. The minimum atomic E-state index is -3.74. The molecular weight excluding hydrogens is 438 g/mol. The second-order valence-corrected chi connectivity index (χ2v) is 9.14. The van der Waals surface area contributed by atoms with Gasteiger partial charge in [-0.1, -0.05) is 23.7 Å². The van der Waals surface area contributed by atoms with E-state index < -0.39 is 15.9 Å². The van der Waals surface area contributed by atoms with Crippen molar-refractivity contribution in [3.8, 4) is 5.75 Å². The monoisotopic (exact) mass is 459 g/mol. The lowest BCUT2D eigenvalue weighted by atomic mass is 10.1. The summed E-state index contributed by atoms with van der Waals surface area (Å²) >= 11 is 5.88. The number of pyridine rings is 1. The number of primary amides is 1. The van der Waals surface area contributed by atoms with Gasteiger partial charge in [-0.25, -0.2) is 8.42 Å². The van der Waals surface area contributed by atoms with Gasteiger partial charge in [0.1, 0.15) is 5.75 Å². The summed E-state index contributed by atoms with van der Waals surface area (Å²) in [6.07, 6.45) is 1.94. The summed E-state index contributed by atoms with van der Waals surface area (Å²) in [6.45, 7) is 0.197. The van der Waals surface area contributed by atoms with E-state index in [4.69, 9.17) is 22.1 Å². The molecule has 0 aliphatic carbocycles. The molecule has 0 bridgehead atoms. The van der Waals surface area contributed by atoms with E-state index in [-0.39, 0.29) is 12.3 Å². The molecule has 2 aromatic carbocycles. The zero-order valence-corrected chi connectivity index (χ0v) is 18.4. The van der Waals surface area contributed by atoms with Crippen molar-refractivity contribution in [1.82, 2.24) is 4.98 Å². The number of carbonyl (C=O) groups excluding carboxylic acids is 1. The van der Waals surface area contributed by atoms with E-state index in [1.54, 1.807) is 55.6 Å². The maximum absolute atomic E-state index is 13.3. The molecule has 0 saturated carbocycles. The average molecular weight is 460 g/mol. The second-order valence-electron chi connectivity index (χ2n) is 6.81. The number of rotatable bonds is 9. The minimum absolute atomic E-state index is 0.197. The second kappa shape index (κ2) is 9.80. The number of methoxy groups -OCH3 is 1. The molecule has 0 aliphatic rings. The molecule has 7 nitrogen and oxygen atoms in total. The third-order valence-electron chi connectivity index (χ3n) is 4.64. The number of halogens is 1. The van der Waals surface area contributed by atoms with Crippen LogP contribution in [0.3, 0.4) is 0 Å². The van der Waals surface area contributed by atoms with Gasteiger partial charge in [0.2, 0.25) is 15.9 Å². The van der Waals surface area contributed by atoms with Gasteiger partial charge in [-0.3, -0.25) is 14.1 Å². The van der Waals surface area contributed by atoms with E-state index in [9.17, 15) is 13.2 Å². The predicted molar refractivity (Wildman–Crippen MR) is 121 cm³/mol. The lowest BCUT2D eigenvalue weighted by Crippen LogP contribution is -2.34. The van der Waals surface area contributed by atoms with Crippen LogP contribution in [0.1, 0.15) is 21.6 Å². The largest absolute Gasteiger partial charge is 0.497 e. The van der Waals surface area contributed by atoms with Crippen LogP contribution in [-0.2, 0) is 22.2 Å². The predicted octanol–water partition coefficient (Wildman–Crippen LogP) is 3.42. The minimum Gasteiger partial charge on any atom is -0.497 e. The first-order valence-corrected chi connectivity index (χ1v) is 11.4. The van der Waals surface area contributed by atoms with Crippen LogP contribution >= 0.6 is 11.6 Å². The summed E-state index contributed by atoms with van der Waals surface area (Å²) in [5.74, 6) is -0.168. The van der Waals surface area contributed by atoms with Crippen LogP contribution in [0, 0.1) is 0 Å². The number of ether oxygens (including phenoxy) is 1. The summed E-state index contributed by atoms with van der Waals surface area (Å²) in [5, 5.41) is 0.516. The molecule has 2 N–H and O–H groups in total. The van der Waals surface area contributed by atoms with Crippen LogP contribution < -0.4 is 14.8 Å². The Bertz CT molecular complexity index is 1130. The SMILES string of the molecule is COc1ccc(N(CCc2ccc(Cl)cn2)S(=O)(=O)Cc2ccc(C(N)=O)cc2)cc1. The molecule has 3 aromatic rings. The molecule has 31 heavy (non-hydrogen) atoms. The Morgan fingerprint density at radius 1 is 1.06 bits per heavy atom. The highest BCUT2D eigenvalue weighted by Crippen LogP contribution is 2.24. The normalized spacial score (nSPS) is 11.2. The van der Waals surface area contributed by atoms with Crippen LogP contribution in [0.15, 0.2) is 66.9 Å². The molecule has 0 unspecified atom stereocenters. The summed E-state index contributed by atoms with van der Waals surface area (Å²) in [6, 6.07) is 16.5. The van der Waals surface area contributed by atoms with Gasteiger partial charge in [0.05, 0.1) is 23.6 Å². The van der Waals surface area contributed by atoms with E-state index in [1.807, 2.05) is 0 Å². The lowest BCUT2D eigenvalue weighted by molar-refractivity contribution is 0.100. The molecule has 3 rings (SSSR count). The highest BCUT2D eigenvalue weighted by atomic mass is 35.5. The zero-order valence-electron chi connectivity index (χ0n) is 16.9. The van der Waals surface area contributed by atoms with E-state index in [1.165, 1.54) is 22.6 Å². The van der Waals surface area contributed by atoms with E-state index in [0.717, 1.165) is 5.69 Å². The molecule has 0 atom stereocenters. The van der Waals surface area contributed by atoms with Crippen molar-refractivity contribution in [3.63, 3.8) is 0 Å². The fraction of sp³-hybridized carbons (Fsp3) is 0.182. The summed E-state index contributed by atoms with van der Waals surface area (Å²) in [5.41, 5.74) is 7.37. The third-order valence-corrected chi connectivity index (χ3v) is 6.63. The molecule has 0 radical (unpaired) electrons. The Morgan fingerprint density at radius 3 is 2.29 bits per heavy atom. The van der Waals surface area contributed by atoms with Crippen molar-refractivity contribution in [3.05, 3.63) is 88.7 Å². The van der Waals surface area contributed by atoms with Gasteiger partial charge < -0.3 is 10.5 Å². The van der Waals surface area contributed by atoms with Gasteiger partial charge >= 0.3 is 0 Å². The Hall–Kier alpha value is -3.10. The van der Waals surface area contributed by atoms with Gasteiger partial charge in [-0.2, -0.15) is 0 Å². The summed E-state index contributed by atoms with van der Waals surface area (Å²) in [4.78, 5) is 15.5. The highest BCUT2D eigenvalue weighted by Gasteiger charge is 2.23. The lowest BCUT2D eigenvalue weighted by Gasteiger charge is -2.25. The van der Waals surface area contributed by atoms with Gasteiger partial charge in [-0.05, 0) is 54.1 Å². The van der Waals surface area contributed by atoms with E-state index in [0.29, 0.717) is 34.0 Å². The number of amides is 1. The number of aromatic nitrogens is 1. The standard InChI is InChI=1S/C22H22ClN3O4S/c1-30-21-10-8-20(9-11-21)26(13-12-19-7-6-18(23)14-25-19)31(28,29)15-16-2-4-17(5-3-16)22(24)27/h2-11,14H,12-13,15H2,1H3,(H2,24,27). The molecule has 0 fully saturated rings. The summed E-state index contributed by atoms with van der Waals surface area (Å²) < 4.78 is 33.1. The fourth-order valence-corrected chi connectivity index (χ4v) is 4.70. The highest BCUT2D eigenvalue weighted by molar-refractivity contribution is 7.92. The quantitative estimate of drug-likeness (QED) is 0.528. The van der Waals surface area contributed by atoms with Gasteiger partial charge in [0.25, 0.3) is 0 Å². The first-order valence-electron chi connectivity index (χ1n) is 9.42. The van der Waals surface area contributed by atoms with Gasteiger partial charge in [0, 0.05) is 30.4 Å². The van der Waals surface area contributed by atoms with Crippen molar-refractivity contribution in [2.24, 2.45) is 5.73 Å². The van der Waals surface area contributed by atoms with Gasteiger partial charge in [-0.15, -0.1) is 0 Å². The maximum Gasteiger partial charge on any atom is 0.248 e. The number of carbonyl (C=O) groups is 1. The Kier molecular flexibility index (Phi) is 7.14. The smallest absolute Gasteiger partial charge is 0.248 e. The molecule has 162 valence electrons.